The second-order valence-electron chi connectivity index (χ2n) is 10.1. The van der Waals surface area contributed by atoms with Crippen LogP contribution in [-0.4, -0.2) is 92.2 Å². The third-order valence-electron chi connectivity index (χ3n) is 7.09. The van der Waals surface area contributed by atoms with Crippen LogP contribution in [-0.2, 0) is 9.59 Å². The zero-order valence-electron chi connectivity index (χ0n) is 23.5. The number of methoxy groups -OCH3 is 1. The number of likely N-dealkylation sites (N-methyl/N-ethyl adjacent to an activating group) is 2. The largest absolute Gasteiger partial charge is 0.497 e. The standard InChI is InChI=1S/C29H35N7O5/c1-35-11-4-12-36(2)26(38)17-41-24-13-21(34-29-27-19(15-35)14-30-28(27)31-18-32-29)7-10-23(24)40-16-25(37)33-20-5-8-22(39-3)9-6-20/h5-10,13,18-19H,4,11-12,14-17H2,1-3H3,(H,33,37)(H2,30,31,32,34). The summed E-state index contributed by atoms with van der Waals surface area (Å²) < 4.78 is 16.9. The number of fused-ring (bicyclic) bond motifs is 2. The van der Waals surface area contributed by atoms with Gasteiger partial charge in [-0.3, -0.25) is 9.59 Å². The highest BCUT2D eigenvalue weighted by atomic mass is 16.5. The van der Waals surface area contributed by atoms with Crippen molar-refractivity contribution in [1.82, 2.24) is 19.8 Å². The Balaban J connectivity index is 1.36. The van der Waals surface area contributed by atoms with E-state index in [0.29, 0.717) is 41.0 Å². The van der Waals surface area contributed by atoms with Crippen molar-refractivity contribution in [3.8, 4) is 17.2 Å². The number of amides is 2. The molecule has 3 aromatic rings. The fraction of sp³-hybridized carbons (Fsp3) is 0.379. The minimum Gasteiger partial charge on any atom is -0.497 e. The molecule has 0 saturated carbocycles. The highest BCUT2D eigenvalue weighted by Crippen LogP contribution is 2.38. The topological polar surface area (TPSA) is 130 Å². The molecular weight excluding hydrogens is 526 g/mol. The van der Waals surface area contributed by atoms with E-state index >= 15 is 0 Å². The van der Waals surface area contributed by atoms with Crippen LogP contribution in [0.2, 0.25) is 0 Å². The number of carbonyl (C=O) groups excluding carboxylic acids is 2. The fourth-order valence-electron chi connectivity index (χ4n) is 4.89. The highest BCUT2D eigenvalue weighted by Gasteiger charge is 2.29. The molecule has 12 heteroatoms. The summed E-state index contributed by atoms with van der Waals surface area (Å²) in [6.07, 6.45) is 2.36. The van der Waals surface area contributed by atoms with Crippen LogP contribution in [0.3, 0.4) is 0 Å². The Morgan fingerprint density at radius 3 is 2.73 bits per heavy atom. The van der Waals surface area contributed by atoms with Crippen molar-refractivity contribution in [2.75, 3.05) is 76.5 Å². The molecule has 12 nitrogen and oxygen atoms in total. The van der Waals surface area contributed by atoms with E-state index in [1.54, 1.807) is 55.5 Å². The van der Waals surface area contributed by atoms with Crippen molar-refractivity contribution >= 4 is 34.8 Å². The lowest BCUT2D eigenvalue weighted by Gasteiger charge is -2.24. The zero-order chi connectivity index (χ0) is 28.8. The lowest BCUT2D eigenvalue weighted by Crippen LogP contribution is -2.34. The van der Waals surface area contributed by atoms with Crippen LogP contribution in [0.25, 0.3) is 0 Å². The molecule has 2 aliphatic heterocycles. The molecule has 41 heavy (non-hydrogen) atoms. The minimum atomic E-state index is -0.339. The summed E-state index contributed by atoms with van der Waals surface area (Å²) in [7, 11) is 5.44. The maximum absolute atomic E-state index is 12.8. The van der Waals surface area contributed by atoms with Crippen LogP contribution in [0.15, 0.2) is 48.8 Å². The van der Waals surface area contributed by atoms with E-state index in [-0.39, 0.29) is 30.9 Å². The first-order valence-electron chi connectivity index (χ1n) is 13.5. The number of ether oxygens (including phenoxy) is 3. The van der Waals surface area contributed by atoms with Gasteiger partial charge < -0.3 is 40.0 Å². The molecule has 2 aliphatic rings. The van der Waals surface area contributed by atoms with Crippen molar-refractivity contribution in [3.63, 3.8) is 0 Å². The van der Waals surface area contributed by atoms with Crippen LogP contribution in [0, 0.1) is 0 Å². The van der Waals surface area contributed by atoms with Gasteiger partial charge in [0.25, 0.3) is 11.8 Å². The Labute approximate surface area is 239 Å². The van der Waals surface area contributed by atoms with Crippen LogP contribution in [0.1, 0.15) is 17.9 Å². The SMILES string of the molecule is COc1ccc(NC(=O)COc2ccc3cc2OCC(=O)N(C)CCCN(C)CC2CNc4ncnc(c42)N3)cc1. The molecule has 1 unspecified atom stereocenters. The molecule has 3 N–H and O–H groups in total. The molecule has 1 atom stereocenters. The van der Waals surface area contributed by atoms with Crippen molar-refractivity contribution in [2.24, 2.45) is 0 Å². The number of anilines is 4. The van der Waals surface area contributed by atoms with Gasteiger partial charge >= 0.3 is 0 Å². The van der Waals surface area contributed by atoms with Gasteiger partial charge in [0.2, 0.25) is 0 Å². The lowest BCUT2D eigenvalue weighted by atomic mass is 10.0. The van der Waals surface area contributed by atoms with Gasteiger partial charge in [0.1, 0.15) is 23.7 Å². The molecule has 0 saturated heterocycles. The normalized spacial score (nSPS) is 17.5. The molecule has 5 rings (SSSR count). The molecule has 3 heterocycles. The molecule has 2 bridgehead atoms. The van der Waals surface area contributed by atoms with Gasteiger partial charge in [0.15, 0.2) is 24.7 Å². The Morgan fingerprint density at radius 1 is 1.12 bits per heavy atom. The lowest BCUT2D eigenvalue weighted by molar-refractivity contribution is -0.132. The number of benzene rings is 2. The molecule has 1 aromatic heterocycles. The molecule has 0 aliphatic carbocycles. The van der Waals surface area contributed by atoms with E-state index in [1.807, 2.05) is 6.07 Å². The summed E-state index contributed by atoms with van der Waals surface area (Å²) in [5, 5.41) is 9.58. The summed E-state index contributed by atoms with van der Waals surface area (Å²) in [5.41, 5.74) is 2.35. The number of rotatable bonds is 5. The first-order valence-corrected chi connectivity index (χ1v) is 13.5. The number of hydrogen-bond acceptors (Lipinski definition) is 10. The molecule has 2 aromatic carbocycles. The van der Waals surface area contributed by atoms with Crippen molar-refractivity contribution in [3.05, 3.63) is 54.4 Å². The fourth-order valence-corrected chi connectivity index (χ4v) is 4.89. The van der Waals surface area contributed by atoms with E-state index < -0.39 is 0 Å². The average Bonchev–Trinajstić information content (AvgIpc) is 3.38. The number of nitrogens with one attached hydrogen (secondary N) is 3. The van der Waals surface area contributed by atoms with E-state index in [0.717, 1.165) is 37.4 Å². The summed E-state index contributed by atoms with van der Waals surface area (Å²) in [6, 6.07) is 12.3. The van der Waals surface area contributed by atoms with E-state index in [2.05, 4.69) is 37.9 Å². The van der Waals surface area contributed by atoms with Gasteiger partial charge in [-0.1, -0.05) is 0 Å². The predicted molar refractivity (Wildman–Crippen MR) is 155 cm³/mol. The zero-order valence-corrected chi connectivity index (χ0v) is 23.5. The Morgan fingerprint density at radius 2 is 1.93 bits per heavy atom. The van der Waals surface area contributed by atoms with Gasteiger partial charge in [0.05, 0.1) is 7.11 Å². The quantitative estimate of drug-likeness (QED) is 0.428. The first-order chi connectivity index (χ1) is 19.9. The molecular formula is C29H35N7O5. The predicted octanol–water partition coefficient (Wildman–Crippen LogP) is 2.93. The van der Waals surface area contributed by atoms with Crippen molar-refractivity contribution in [1.29, 1.82) is 0 Å². The van der Waals surface area contributed by atoms with Crippen LogP contribution in [0.5, 0.6) is 17.2 Å². The van der Waals surface area contributed by atoms with Crippen LogP contribution >= 0.6 is 0 Å². The molecule has 0 spiro atoms. The molecule has 0 radical (unpaired) electrons. The third kappa shape index (κ3) is 6.95. The number of aromatic nitrogens is 2. The molecule has 216 valence electrons. The summed E-state index contributed by atoms with van der Waals surface area (Å²) in [5.74, 6) is 2.61. The van der Waals surface area contributed by atoms with Gasteiger partial charge in [-0.15, -0.1) is 0 Å². The second-order valence-corrected chi connectivity index (χ2v) is 10.1. The third-order valence-corrected chi connectivity index (χ3v) is 7.09. The highest BCUT2D eigenvalue weighted by molar-refractivity contribution is 5.92. The number of carbonyl (C=O) groups is 2. The maximum atomic E-state index is 12.8. The Hall–Kier alpha value is -4.58. The average molecular weight is 562 g/mol. The Kier molecular flexibility index (Phi) is 8.68. The van der Waals surface area contributed by atoms with Gasteiger partial charge in [0, 0.05) is 55.6 Å². The minimum absolute atomic E-state index is 0.149. The van der Waals surface area contributed by atoms with E-state index in [4.69, 9.17) is 14.2 Å². The van der Waals surface area contributed by atoms with Gasteiger partial charge in [-0.2, -0.15) is 0 Å². The molecule has 0 fully saturated rings. The molecule has 2 amide bonds. The van der Waals surface area contributed by atoms with Crippen LogP contribution < -0.4 is 30.2 Å². The monoisotopic (exact) mass is 561 g/mol. The summed E-state index contributed by atoms with van der Waals surface area (Å²) >= 11 is 0. The summed E-state index contributed by atoms with van der Waals surface area (Å²) in [4.78, 5) is 38.3. The van der Waals surface area contributed by atoms with E-state index in [9.17, 15) is 9.59 Å². The number of nitrogens with zero attached hydrogens (tertiary/aromatic N) is 4. The number of hydrogen-bond donors (Lipinski definition) is 3. The van der Waals surface area contributed by atoms with Crippen molar-refractivity contribution in [2.45, 2.75) is 12.3 Å². The summed E-state index contributed by atoms with van der Waals surface area (Å²) in [6.45, 7) is 2.64. The maximum Gasteiger partial charge on any atom is 0.262 e. The smallest absolute Gasteiger partial charge is 0.262 e. The second kappa shape index (κ2) is 12.7. The first kappa shape index (κ1) is 28.0. The van der Waals surface area contributed by atoms with Gasteiger partial charge in [-0.25, -0.2) is 9.97 Å². The van der Waals surface area contributed by atoms with E-state index in [1.165, 1.54) is 6.33 Å². The Bertz CT molecular complexity index is 1380. The van der Waals surface area contributed by atoms with Crippen LogP contribution in [0.4, 0.5) is 23.0 Å². The van der Waals surface area contributed by atoms with Crippen molar-refractivity contribution < 1.29 is 23.8 Å². The van der Waals surface area contributed by atoms with Gasteiger partial charge in [-0.05, 0) is 56.4 Å².